The van der Waals surface area contributed by atoms with E-state index in [0.717, 1.165) is 17.0 Å². The smallest absolute Gasteiger partial charge is 0.252 e. The molecular weight excluding hydrogens is 692 g/mol. The van der Waals surface area contributed by atoms with Crippen molar-refractivity contribution in [3.8, 4) is 0 Å². The Hall–Kier alpha value is -5.44. The molecular formula is C39H50N8O7. The van der Waals surface area contributed by atoms with Crippen molar-refractivity contribution < 1.29 is 33.9 Å². The van der Waals surface area contributed by atoms with E-state index < -0.39 is 65.8 Å². The summed E-state index contributed by atoms with van der Waals surface area (Å²) < 4.78 is 0. The predicted molar refractivity (Wildman–Crippen MR) is 200 cm³/mol. The van der Waals surface area contributed by atoms with E-state index in [0.29, 0.717) is 43.3 Å². The highest BCUT2D eigenvalue weighted by Crippen LogP contribution is 2.21. The maximum atomic E-state index is 14.0. The Morgan fingerprint density at radius 2 is 1.56 bits per heavy atom. The van der Waals surface area contributed by atoms with E-state index >= 15 is 0 Å². The maximum absolute atomic E-state index is 14.0. The van der Waals surface area contributed by atoms with Crippen LogP contribution < -0.4 is 26.6 Å². The minimum atomic E-state index is -1.48. The number of aromatic nitrogens is 2. The number of hydrogen-bond acceptors (Lipinski definition) is 9. The second-order valence-corrected chi connectivity index (χ2v) is 14.0. The number of aliphatic hydroxyl groups excluding tert-OH is 1. The summed E-state index contributed by atoms with van der Waals surface area (Å²) in [6, 6.07) is 8.48. The number of nitrogens with zero attached hydrogens (tertiary/aromatic N) is 3. The average Bonchev–Trinajstić information content (AvgIpc) is 3.65. The van der Waals surface area contributed by atoms with Crippen molar-refractivity contribution in [3.63, 3.8) is 0 Å². The molecule has 15 nitrogen and oxygen atoms in total. The summed E-state index contributed by atoms with van der Waals surface area (Å²) >= 11 is 0. The Bertz CT molecular complexity index is 1870. The first kappa shape index (κ1) is 39.8. The quantitative estimate of drug-likeness (QED) is 0.213. The van der Waals surface area contributed by atoms with Crippen LogP contribution in [-0.4, -0.2) is 105 Å². The van der Waals surface area contributed by atoms with Crippen LogP contribution in [-0.2, 0) is 30.4 Å². The summed E-state index contributed by atoms with van der Waals surface area (Å²) in [5, 5.41) is 24.4. The molecule has 6 N–H and O–H groups in total. The zero-order chi connectivity index (χ0) is 38.9. The Morgan fingerprint density at radius 1 is 0.852 bits per heavy atom. The molecule has 0 bridgehead atoms. The van der Waals surface area contributed by atoms with Gasteiger partial charge in [-0.25, -0.2) is 9.97 Å². The van der Waals surface area contributed by atoms with Gasteiger partial charge in [0.2, 0.25) is 29.5 Å². The van der Waals surface area contributed by atoms with Gasteiger partial charge in [-0.15, -0.1) is 0 Å². The average molecular weight is 743 g/mol. The van der Waals surface area contributed by atoms with Gasteiger partial charge in [-0.1, -0.05) is 37.3 Å². The molecule has 15 heteroatoms. The number of nitrogens with one attached hydrogen (secondary N) is 5. The third-order valence-corrected chi connectivity index (χ3v) is 10.0. The van der Waals surface area contributed by atoms with Gasteiger partial charge in [0.25, 0.3) is 5.91 Å². The number of rotatable bonds is 6. The number of aryl methyl sites for hydroxylation is 2. The van der Waals surface area contributed by atoms with Crippen LogP contribution in [0.1, 0.15) is 79.7 Å². The van der Waals surface area contributed by atoms with Crippen molar-refractivity contribution in [2.24, 2.45) is 0 Å². The molecule has 54 heavy (non-hydrogen) atoms. The van der Waals surface area contributed by atoms with Crippen molar-refractivity contribution in [2.75, 3.05) is 13.1 Å². The summed E-state index contributed by atoms with van der Waals surface area (Å²) in [4.78, 5) is 92.6. The van der Waals surface area contributed by atoms with Crippen molar-refractivity contribution in [2.45, 2.75) is 109 Å². The molecule has 288 valence electrons. The largest absolute Gasteiger partial charge is 0.391 e. The zero-order valence-electron chi connectivity index (χ0n) is 31.2. The molecule has 0 spiro atoms. The van der Waals surface area contributed by atoms with E-state index in [1.807, 2.05) is 44.2 Å². The van der Waals surface area contributed by atoms with Gasteiger partial charge < -0.3 is 36.6 Å². The van der Waals surface area contributed by atoms with Crippen molar-refractivity contribution >= 4 is 46.5 Å². The van der Waals surface area contributed by atoms with Gasteiger partial charge in [-0.05, 0) is 83.1 Å². The van der Waals surface area contributed by atoms with Crippen molar-refractivity contribution in [1.29, 1.82) is 0 Å². The molecule has 0 saturated carbocycles. The maximum Gasteiger partial charge on any atom is 0.252 e. The highest BCUT2D eigenvalue weighted by molar-refractivity contribution is 6.01. The Labute approximate surface area is 314 Å². The lowest BCUT2D eigenvalue weighted by Crippen LogP contribution is -2.61. The van der Waals surface area contributed by atoms with Crippen LogP contribution in [0.4, 0.5) is 0 Å². The number of fused-ring (bicyclic) bond motifs is 2. The topological polar surface area (TPSA) is 212 Å². The lowest BCUT2D eigenvalue weighted by molar-refractivity contribution is -0.142. The molecule has 0 unspecified atom stereocenters. The van der Waals surface area contributed by atoms with Gasteiger partial charge in [0.05, 0.1) is 28.5 Å². The lowest BCUT2D eigenvalue weighted by Gasteiger charge is -2.30. The van der Waals surface area contributed by atoms with Crippen molar-refractivity contribution in [1.82, 2.24) is 41.5 Å². The standard InChI is InChI=1S/C39H50N8O7/c1-5-27-35(50)46-33(24(4)48)38(53)45-31(20-25-12-7-6-8-13-25)39(54)47-19-11-15-32(47)37(52)40-18-10-9-14-29(36(51)43-27)44-34(49)26-16-17-28-30(21-26)42-23(3)22(2)41-28/h6-8,12-13,16-17,21,24,27,29,31-33,48H,5,9-11,14-15,18-20H2,1-4H3,(H,40,52)(H,43,51)(H,44,49)(H,45,53)(H,46,50)/t24-,27+,29+,31-,32+,33+/m1/s1. The number of hydrogen-bond donors (Lipinski definition) is 6. The van der Waals surface area contributed by atoms with E-state index in [1.165, 1.54) is 11.8 Å². The van der Waals surface area contributed by atoms with Crippen LogP contribution in [0, 0.1) is 13.8 Å². The Kier molecular flexibility index (Phi) is 13.3. The Morgan fingerprint density at radius 3 is 2.26 bits per heavy atom. The van der Waals surface area contributed by atoms with Crippen LogP contribution in [0.25, 0.3) is 11.0 Å². The molecule has 1 aromatic heterocycles. The molecule has 3 aromatic rings. The van der Waals surface area contributed by atoms with Crippen molar-refractivity contribution in [3.05, 3.63) is 71.0 Å². The molecule has 2 aliphatic heterocycles. The van der Waals surface area contributed by atoms with Crippen LogP contribution in [0.15, 0.2) is 48.5 Å². The Balaban J connectivity index is 1.40. The van der Waals surface area contributed by atoms with E-state index in [4.69, 9.17) is 0 Å². The molecule has 2 fully saturated rings. The van der Waals surface area contributed by atoms with Crippen LogP contribution >= 0.6 is 0 Å². The van der Waals surface area contributed by atoms with Gasteiger partial charge in [0.15, 0.2) is 0 Å². The predicted octanol–water partition coefficient (Wildman–Crippen LogP) is 1.12. The molecule has 2 aromatic carbocycles. The molecule has 0 radical (unpaired) electrons. The van der Waals surface area contributed by atoms with Gasteiger partial charge in [-0.2, -0.15) is 0 Å². The number of benzene rings is 2. The van der Waals surface area contributed by atoms with Crippen LogP contribution in [0.2, 0.25) is 0 Å². The normalized spacial score (nSPS) is 24.2. The number of aliphatic hydroxyl groups is 1. The van der Waals surface area contributed by atoms with E-state index in [1.54, 1.807) is 25.1 Å². The fourth-order valence-corrected chi connectivity index (χ4v) is 6.78. The molecule has 2 saturated heterocycles. The van der Waals surface area contributed by atoms with Gasteiger partial charge in [0.1, 0.15) is 30.2 Å². The highest BCUT2D eigenvalue weighted by Gasteiger charge is 2.39. The van der Waals surface area contributed by atoms with Gasteiger partial charge >= 0.3 is 0 Å². The molecule has 6 atom stereocenters. The highest BCUT2D eigenvalue weighted by atomic mass is 16.3. The van der Waals surface area contributed by atoms with E-state index in [2.05, 4.69) is 36.6 Å². The first-order valence-corrected chi connectivity index (χ1v) is 18.6. The van der Waals surface area contributed by atoms with E-state index in [9.17, 15) is 33.9 Å². The third kappa shape index (κ3) is 9.75. The third-order valence-electron chi connectivity index (χ3n) is 10.0. The van der Waals surface area contributed by atoms with Crippen LogP contribution in [0.3, 0.4) is 0 Å². The molecule has 2 aliphatic rings. The zero-order valence-corrected chi connectivity index (χ0v) is 31.2. The number of amides is 6. The first-order chi connectivity index (χ1) is 25.9. The molecule has 6 amide bonds. The summed E-state index contributed by atoms with van der Waals surface area (Å²) in [5.41, 5.74) is 3.69. The van der Waals surface area contributed by atoms with Gasteiger partial charge in [0, 0.05) is 25.1 Å². The SMILES string of the molecule is CC[C@@H]1NC(=O)[C@@H](NC(=O)c2ccc3nc(C)c(C)nc3c2)CCCCNC(=O)[C@@H]2CCCN2C(=O)[C@@H](Cc2ccccc2)NC(=O)[C@H]([C@@H](C)O)NC1=O. The summed E-state index contributed by atoms with van der Waals surface area (Å²) in [6.07, 6.45) is 0.998. The molecule has 0 aliphatic carbocycles. The minimum absolute atomic E-state index is 0.114. The molecule has 3 heterocycles. The minimum Gasteiger partial charge on any atom is -0.391 e. The number of carbonyl (C=O) groups is 6. The fraction of sp³-hybridized carbons (Fsp3) is 0.487. The second kappa shape index (κ2) is 18.1. The summed E-state index contributed by atoms with van der Waals surface area (Å²) in [7, 11) is 0. The number of carbonyl (C=O) groups excluding carboxylic acids is 6. The van der Waals surface area contributed by atoms with E-state index in [-0.39, 0.29) is 37.3 Å². The summed E-state index contributed by atoms with van der Waals surface area (Å²) in [5.74, 6) is -3.44. The molecule has 5 rings (SSSR count). The first-order valence-electron chi connectivity index (χ1n) is 18.6. The second-order valence-electron chi connectivity index (χ2n) is 14.0. The lowest BCUT2D eigenvalue weighted by atomic mass is 10.0. The fourth-order valence-electron chi connectivity index (χ4n) is 6.78. The summed E-state index contributed by atoms with van der Waals surface area (Å²) in [6.45, 7) is 7.28. The van der Waals surface area contributed by atoms with Gasteiger partial charge in [-0.3, -0.25) is 28.8 Å². The van der Waals surface area contributed by atoms with Crippen LogP contribution in [0.5, 0.6) is 0 Å². The monoisotopic (exact) mass is 742 g/mol.